The zero-order valence-corrected chi connectivity index (χ0v) is 16.5. The average Bonchev–Trinajstić information content (AvgIpc) is 2.73. The number of benzene rings is 2. The largest absolute Gasteiger partial charge is 0.487 e. The van der Waals surface area contributed by atoms with E-state index in [0.29, 0.717) is 42.9 Å². The normalized spacial score (nSPS) is 15.0. The van der Waals surface area contributed by atoms with Gasteiger partial charge in [0, 0.05) is 25.9 Å². The predicted octanol–water partition coefficient (Wildman–Crippen LogP) is 4.48. The molecule has 1 fully saturated rings. The van der Waals surface area contributed by atoms with E-state index in [1.54, 1.807) is 29.2 Å². The number of anilines is 1. The van der Waals surface area contributed by atoms with Crippen molar-refractivity contribution >= 4 is 17.5 Å². The molecule has 1 aliphatic heterocycles. The molecule has 0 atom stereocenters. The van der Waals surface area contributed by atoms with Crippen LogP contribution in [0.25, 0.3) is 0 Å². The van der Waals surface area contributed by atoms with Crippen molar-refractivity contribution in [2.24, 2.45) is 5.92 Å². The Bertz CT molecular complexity index is 889. The van der Waals surface area contributed by atoms with Crippen molar-refractivity contribution in [1.82, 2.24) is 4.90 Å². The molecule has 1 aliphatic rings. The fraction of sp³-hybridized carbons (Fsp3) is 0.364. The minimum atomic E-state index is -4.38. The Hall–Kier alpha value is -3.03. The zero-order chi connectivity index (χ0) is 21.7. The first-order chi connectivity index (χ1) is 14.2. The third kappa shape index (κ3) is 5.52. The molecule has 1 N–H and O–H groups in total. The first kappa shape index (κ1) is 21.7. The van der Waals surface area contributed by atoms with E-state index in [-0.39, 0.29) is 24.3 Å². The first-order valence-corrected chi connectivity index (χ1v) is 9.68. The van der Waals surface area contributed by atoms with Gasteiger partial charge in [0.2, 0.25) is 11.8 Å². The summed E-state index contributed by atoms with van der Waals surface area (Å²) in [6.07, 6.45) is -3.18. The molecule has 2 amide bonds. The van der Waals surface area contributed by atoms with Crippen molar-refractivity contribution in [3.63, 3.8) is 0 Å². The predicted molar refractivity (Wildman–Crippen MR) is 106 cm³/mol. The molecule has 0 spiro atoms. The van der Waals surface area contributed by atoms with Gasteiger partial charge in [0.1, 0.15) is 12.4 Å². The van der Waals surface area contributed by atoms with Gasteiger partial charge in [0.25, 0.3) is 0 Å². The number of rotatable bonds is 5. The standard InChI is InChI=1S/C22H23F3N2O3/c1-15(28)27-12-10-17(11-13-27)21(29)26-19-4-2-3-5-20(19)30-14-16-6-8-18(9-7-16)22(23,24)25/h2-9,17H,10-14H2,1H3,(H,26,29). The monoisotopic (exact) mass is 420 g/mol. The van der Waals surface area contributed by atoms with Crippen LogP contribution in [0.15, 0.2) is 48.5 Å². The molecule has 0 aromatic heterocycles. The number of piperidine rings is 1. The van der Waals surface area contributed by atoms with Crippen LogP contribution in [0.3, 0.4) is 0 Å². The number of carbonyl (C=O) groups excluding carboxylic acids is 2. The number of amides is 2. The second kappa shape index (κ2) is 9.19. The van der Waals surface area contributed by atoms with E-state index in [2.05, 4.69) is 5.32 Å². The quantitative estimate of drug-likeness (QED) is 0.776. The average molecular weight is 420 g/mol. The summed E-state index contributed by atoms with van der Waals surface area (Å²) in [5, 5.41) is 2.87. The molecule has 3 rings (SSSR count). The minimum Gasteiger partial charge on any atom is -0.487 e. The number of alkyl halides is 3. The van der Waals surface area contributed by atoms with E-state index in [1.807, 2.05) is 0 Å². The Labute approximate surface area is 172 Å². The molecule has 0 radical (unpaired) electrons. The molecule has 5 nitrogen and oxygen atoms in total. The van der Waals surface area contributed by atoms with E-state index in [9.17, 15) is 22.8 Å². The highest BCUT2D eigenvalue weighted by atomic mass is 19.4. The third-order valence-corrected chi connectivity index (χ3v) is 5.13. The number of hydrogen-bond acceptors (Lipinski definition) is 3. The molecule has 1 saturated heterocycles. The molecule has 0 bridgehead atoms. The number of para-hydroxylation sites is 2. The number of carbonyl (C=O) groups is 2. The van der Waals surface area contributed by atoms with Crippen molar-refractivity contribution < 1.29 is 27.5 Å². The van der Waals surface area contributed by atoms with Crippen LogP contribution >= 0.6 is 0 Å². The maximum atomic E-state index is 12.7. The van der Waals surface area contributed by atoms with Gasteiger partial charge in [0.15, 0.2) is 0 Å². The van der Waals surface area contributed by atoms with Crippen LogP contribution in [-0.4, -0.2) is 29.8 Å². The maximum Gasteiger partial charge on any atom is 0.416 e. The zero-order valence-electron chi connectivity index (χ0n) is 16.5. The fourth-order valence-electron chi connectivity index (χ4n) is 3.34. The number of halogens is 3. The molecule has 0 aliphatic carbocycles. The number of likely N-dealkylation sites (tertiary alicyclic amines) is 1. The van der Waals surface area contributed by atoms with Crippen molar-refractivity contribution in [2.75, 3.05) is 18.4 Å². The molecule has 2 aromatic rings. The first-order valence-electron chi connectivity index (χ1n) is 9.68. The second-order valence-corrected chi connectivity index (χ2v) is 7.25. The van der Waals surface area contributed by atoms with Gasteiger partial charge in [0.05, 0.1) is 11.3 Å². The topological polar surface area (TPSA) is 58.6 Å². The highest BCUT2D eigenvalue weighted by Crippen LogP contribution is 2.30. The minimum absolute atomic E-state index is 0.0101. The Kier molecular flexibility index (Phi) is 6.64. The smallest absolute Gasteiger partial charge is 0.416 e. The van der Waals surface area contributed by atoms with Crippen molar-refractivity contribution in [2.45, 2.75) is 32.5 Å². The summed E-state index contributed by atoms with van der Waals surface area (Å²) in [7, 11) is 0. The Morgan fingerprint density at radius 1 is 1.07 bits per heavy atom. The van der Waals surface area contributed by atoms with Gasteiger partial charge >= 0.3 is 6.18 Å². The number of ether oxygens (including phenoxy) is 1. The van der Waals surface area contributed by atoms with Gasteiger partial charge in [-0.25, -0.2) is 0 Å². The summed E-state index contributed by atoms with van der Waals surface area (Å²) in [6, 6.07) is 11.7. The molecular formula is C22H23F3N2O3. The van der Waals surface area contributed by atoms with Crippen LogP contribution in [-0.2, 0) is 22.4 Å². The van der Waals surface area contributed by atoms with Gasteiger partial charge in [-0.05, 0) is 42.7 Å². The van der Waals surface area contributed by atoms with E-state index < -0.39 is 11.7 Å². The Balaban J connectivity index is 1.59. The lowest BCUT2D eigenvalue weighted by atomic mass is 9.96. The Morgan fingerprint density at radius 2 is 1.70 bits per heavy atom. The molecule has 8 heteroatoms. The molecule has 30 heavy (non-hydrogen) atoms. The highest BCUT2D eigenvalue weighted by molar-refractivity contribution is 5.94. The lowest BCUT2D eigenvalue weighted by Crippen LogP contribution is -2.40. The van der Waals surface area contributed by atoms with Crippen LogP contribution < -0.4 is 10.1 Å². The van der Waals surface area contributed by atoms with Crippen LogP contribution in [0.4, 0.5) is 18.9 Å². The second-order valence-electron chi connectivity index (χ2n) is 7.25. The summed E-state index contributed by atoms with van der Waals surface area (Å²) in [6.45, 7) is 2.70. The lowest BCUT2D eigenvalue weighted by Gasteiger charge is -2.30. The summed E-state index contributed by atoms with van der Waals surface area (Å²) < 4.78 is 43.7. The number of nitrogens with one attached hydrogen (secondary N) is 1. The Morgan fingerprint density at radius 3 is 2.30 bits per heavy atom. The summed E-state index contributed by atoms with van der Waals surface area (Å²) in [5.74, 6) is 0.121. The van der Waals surface area contributed by atoms with E-state index in [4.69, 9.17) is 4.74 Å². The molecule has 0 saturated carbocycles. The summed E-state index contributed by atoms with van der Waals surface area (Å²) in [4.78, 5) is 25.8. The highest BCUT2D eigenvalue weighted by Gasteiger charge is 2.30. The molecule has 160 valence electrons. The molecule has 1 heterocycles. The van der Waals surface area contributed by atoms with E-state index in [1.165, 1.54) is 19.1 Å². The molecule has 0 unspecified atom stereocenters. The molecular weight excluding hydrogens is 397 g/mol. The van der Waals surface area contributed by atoms with E-state index >= 15 is 0 Å². The third-order valence-electron chi connectivity index (χ3n) is 5.13. The summed E-state index contributed by atoms with van der Waals surface area (Å²) in [5.41, 5.74) is 0.374. The van der Waals surface area contributed by atoms with Crippen molar-refractivity contribution in [3.05, 3.63) is 59.7 Å². The summed E-state index contributed by atoms with van der Waals surface area (Å²) >= 11 is 0. The lowest BCUT2D eigenvalue weighted by molar-refractivity contribution is -0.137. The van der Waals surface area contributed by atoms with Crippen LogP contribution in [0.1, 0.15) is 30.9 Å². The van der Waals surface area contributed by atoms with Gasteiger partial charge in [-0.2, -0.15) is 13.2 Å². The number of nitrogens with zero attached hydrogens (tertiary/aromatic N) is 1. The van der Waals surface area contributed by atoms with Crippen LogP contribution in [0, 0.1) is 5.92 Å². The van der Waals surface area contributed by atoms with Gasteiger partial charge in [-0.1, -0.05) is 24.3 Å². The van der Waals surface area contributed by atoms with Gasteiger partial charge in [-0.15, -0.1) is 0 Å². The van der Waals surface area contributed by atoms with Gasteiger partial charge in [-0.3, -0.25) is 9.59 Å². The fourth-order valence-corrected chi connectivity index (χ4v) is 3.34. The van der Waals surface area contributed by atoms with Crippen molar-refractivity contribution in [1.29, 1.82) is 0 Å². The van der Waals surface area contributed by atoms with E-state index in [0.717, 1.165) is 12.1 Å². The van der Waals surface area contributed by atoms with Crippen molar-refractivity contribution in [3.8, 4) is 5.75 Å². The van der Waals surface area contributed by atoms with Crippen LogP contribution in [0.5, 0.6) is 5.75 Å². The SMILES string of the molecule is CC(=O)N1CCC(C(=O)Nc2ccccc2OCc2ccc(C(F)(F)F)cc2)CC1. The van der Waals surface area contributed by atoms with Crippen LogP contribution in [0.2, 0.25) is 0 Å². The van der Waals surface area contributed by atoms with Gasteiger partial charge < -0.3 is 15.0 Å². The maximum absolute atomic E-state index is 12.7. The number of hydrogen-bond donors (Lipinski definition) is 1. The molecule has 2 aromatic carbocycles.